The zero-order valence-electron chi connectivity index (χ0n) is 25.5. The van der Waals surface area contributed by atoms with Gasteiger partial charge in [0.1, 0.15) is 12.1 Å². The van der Waals surface area contributed by atoms with Gasteiger partial charge in [-0.2, -0.15) is 0 Å². The number of amides is 2. The molecule has 0 aromatic heterocycles. The summed E-state index contributed by atoms with van der Waals surface area (Å²) in [6.45, 7) is 6.88. The monoisotopic (exact) mass is 583 g/mol. The van der Waals surface area contributed by atoms with Gasteiger partial charge in [-0.25, -0.2) is 4.79 Å². The number of rotatable bonds is 11. The van der Waals surface area contributed by atoms with Crippen molar-refractivity contribution in [3.8, 4) is 28.4 Å². The molecule has 2 aromatic rings. The Morgan fingerprint density at radius 3 is 2.24 bits per heavy atom. The lowest BCUT2D eigenvalue weighted by Gasteiger charge is -2.22. The smallest absolute Gasteiger partial charge is 0.328 e. The first-order valence-corrected chi connectivity index (χ1v) is 13.9. The molecular weight excluding hydrogens is 542 g/mol. The van der Waals surface area contributed by atoms with Gasteiger partial charge >= 0.3 is 5.97 Å². The maximum atomic E-state index is 13.7. The second kappa shape index (κ2) is 14.1. The molecular formula is C31H41N3O8. The van der Waals surface area contributed by atoms with E-state index in [-0.39, 0.29) is 22.9 Å². The fourth-order valence-electron chi connectivity index (χ4n) is 5.27. The number of hydrogen-bond acceptors (Lipinski definition) is 9. The predicted octanol–water partition coefficient (Wildman–Crippen LogP) is 3.37. The quantitative estimate of drug-likeness (QED) is 0.340. The molecule has 0 spiro atoms. The number of carbonyl (C=O) groups excluding carboxylic acids is 3. The van der Waals surface area contributed by atoms with Crippen LogP contribution in [0.4, 0.5) is 5.69 Å². The van der Waals surface area contributed by atoms with Crippen LogP contribution in [0.25, 0.3) is 11.1 Å². The Bertz CT molecular complexity index is 1390. The number of nitrogens with one attached hydrogen (secondary N) is 3. The lowest BCUT2D eigenvalue weighted by Crippen LogP contribution is -2.47. The number of methoxy groups -OCH3 is 4. The van der Waals surface area contributed by atoms with Crippen LogP contribution in [0.5, 0.6) is 17.2 Å². The van der Waals surface area contributed by atoms with Crippen molar-refractivity contribution in [3.05, 3.63) is 45.6 Å². The van der Waals surface area contributed by atoms with Crippen LogP contribution in [-0.4, -0.2) is 58.3 Å². The first-order chi connectivity index (χ1) is 19.9. The summed E-state index contributed by atoms with van der Waals surface area (Å²) in [4.78, 5) is 51.0. The maximum absolute atomic E-state index is 13.7. The molecule has 0 bridgehead atoms. The van der Waals surface area contributed by atoms with Crippen molar-refractivity contribution in [2.75, 3.05) is 33.8 Å². The number of aryl methyl sites for hydroxylation is 1. The van der Waals surface area contributed by atoms with E-state index in [2.05, 4.69) is 16.0 Å². The number of esters is 1. The minimum absolute atomic E-state index is 0.105. The molecule has 0 fully saturated rings. The van der Waals surface area contributed by atoms with E-state index < -0.39 is 30.0 Å². The van der Waals surface area contributed by atoms with Gasteiger partial charge < -0.3 is 34.9 Å². The minimum atomic E-state index is -0.858. The fourth-order valence-corrected chi connectivity index (χ4v) is 5.27. The van der Waals surface area contributed by atoms with Crippen molar-refractivity contribution in [2.24, 2.45) is 5.92 Å². The minimum Gasteiger partial charge on any atom is -0.493 e. The van der Waals surface area contributed by atoms with Crippen molar-refractivity contribution in [1.29, 1.82) is 0 Å². The van der Waals surface area contributed by atoms with Gasteiger partial charge in [0.15, 0.2) is 11.5 Å². The zero-order valence-corrected chi connectivity index (χ0v) is 25.5. The van der Waals surface area contributed by atoms with Gasteiger partial charge in [-0.1, -0.05) is 19.9 Å². The van der Waals surface area contributed by atoms with Gasteiger partial charge in [-0.15, -0.1) is 0 Å². The van der Waals surface area contributed by atoms with Gasteiger partial charge in [0.05, 0.1) is 40.2 Å². The van der Waals surface area contributed by atoms with Crippen LogP contribution in [0.2, 0.25) is 0 Å². The van der Waals surface area contributed by atoms with E-state index in [1.165, 1.54) is 41.2 Å². The second-order valence-corrected chi connectivity index (χ2v) is 10.7. The van der Waals surface area contributed by atoms with E-state index in [9.17, 15) is 19.2 Å². The van der Waals surface area contributed by atoms with Crippen LogP contribution >= 0.6 is 0 Å². The Morgan fingerprint density at radius 2 is 1.67 bits per heavy atom. The second-order valence-electron chi connectivity index (χ2n) is 10.7. The van der Waals surface area contributed by atoms with Gasteiger partial charge in [0, 0.05) is 12.5 Å². The molecule has 0 heterocycles. The van der Waals surface area contributed by atoms with Crippen molar-refractivity contribution >= 4 is 23.5 Å². The molecule has 3 rings (SSSR count). The average molecular weight is 584 g/mol. The Morgan fingerprint density at radius 1 is 0.976 bits per heavy atom. The normalized spacial score (nSPS) is 15.2. The largest absolute Gasteiger partial charge is 0.493 e. The number of carbonyl (C=O) groups is 3. The number of benzene rings is 1. The van der Waals surface area contributed by atoms with E-state index in [1.54, 1.807) is 19.2 Å². The first kappa shape index (κ1) is 32.2. The van der Waals surface area contributed by atoms with Gasteiger partial charge in [-0.3, -0.25) is 14.4 Å². The molecule has 0 aliphatic heterocycles. The van der Waals surface area contributed by atoms with Crippen LogP contribution in [0, 0.1) is 5.92 Å². The molecule has 228 valence electrons. The molecule has 11 heteroatoms. The van der Waals surface area contributed by atoms with Crippen molar-refractivity contribution in [1.82, 2.24) is 10.6 Å². The molecule has 1 aliphatic rings. The lowest BCUT2D eigenvalue weighted by atomic mass is 9.95. The lowest BCUT2D eigenvalue weighted by molar-refractivity contribution is -0.144. The molecule has 11 nitrogen and oxygen atoms in total. The highest BCUT2D eigenvalue weighted by molar-refractivity contribution is 5.89. The summed E-state index contributed by atoms with van der Waals surface area (Å²) in [5.74, 6) is 0.215. The maximum Gasteiger partial charge on any atom is 0.328 e. The molecule has 1 aliphatic carbocycles. The highest BCUT2D eigenvalue weighted by atomic mass is 16.5. The Balaban J connectivity index is 2.20. The van der Waals surface area contributed by atoms with Crippen LogP contribution in [-0.2, 0) is 25.5 Å². The average Bonchev–Trinajstić information content (AvgIpc) is 3.19. The highest BCUT2D eigenvalue weighted by Crippen LogP contribution is 2.50. The Kier molecular flexibility index (Phi) is 10.8. The number of ether oxygens (including phenoxy) is 4. The van der Waals surface area contributed by atoms with E-state index in [4.69, 9.17) is 18.9 Å². The summed E-state index contributed by atoms with van der Waals surface area (Å²) in [7, 11) is 5.85. The summed E-state index contributed by atoms with van der Waals surface area (Å²) in [5, 5.41) is 8.75. The van der Waals surface area contributed by atoms with Crippen molar-refractivity contribution in [3.63, 3.8) is 0 Å². The predicted molar refractivity (Wildman–Crippen MR) is 159 cm³/mol. The zero-order chi connectivity index (χ0) is 31.1. The van der Waals surface area contributed by atoms with Gasteiger partial charge in [-0.05, 0) is 67.0 Å². The number of anilines is 1. The van der Waals surface area contributed by atoms with Gasteiger partial charge in [0.25, 0.3) is 0 Å². The summed E-state index contributed by atoms with van der Waals surface area (Å²) in [5.41, 5.74) is 2.74. The highest BCUT2D eigenvalue weighted by Gasteiger charge is 2.30. The van der Waals surface area contributed by atoms with E-state index in [0.29, 0.717) is 47.6 Å². The van der Waals surface area contributed by atoms with Crippen LogP contribution in [0.15, 0.2) is 29.1 Å². The fraction of sp³-hybridized carbons (Fsp3) is 0.484. The first-order valence-electron chi connectivity index (χ1n) is 13.9. The van der Waals surface area contributed by atoms with Crippen LogP contribution in [0.1, 0.15) is 57.7 Å². The third kappa shape index (κ3) is 7.13. The Hall–Kier alpha value is -4.28. The molecule has 2 aromatic carbocycles. The summed E-state index contributed by atoms with van der Waals surface area (Å²) in [6, 6.07) is 4.66. The van der Waals surface area contributed by atoms with Crippen molar-refractivity contribution < 1.29 is 33.3 Å². The van der Waals surface area contributed by atoms with E-state index >= 15 is 0 Å². The SMILES string of the molecule is COC(=O)C(C)NC(=O)C(CC(C)C)Nc1ccc2c(cc1=O)C(NC(C)=O)CCc1cc(OC)c(OC)c(OC)c1-2. The topological polar surface area (TPSA) is 141 Å². The molecule has 0 saturated carbocycles. The standard InChI is InChI=1S/C31H41N3O8/c1-16(2)13-24(30(37)32-17(3)31(38)42-8)34-23-12-10-20-21(15-25(23)36)22(33-18(4)35)11-9-19-14-26(39-5)28(40-6)29(41-7)27(19)20/h10,12,14-17,22,24H,9,11,13H2,1-8H3,(H,32,37)(H,33,35)(H,34,36). The summed E-state index contributed by atoms with van der Waals surface area (Å²) in [6.07, 6.45) is 1.50. The molecule has 0 radical (unpaired) electrons. The Labute approximate surface area is 246 Å². The molecule has 3 N–H and O–H groups in total. The molecule has 2 amide bonds. The summed E-state index contributed by atoms with van der Waals surface area (Å²) < 4.78 is 21.8. The number of hydrogen-bond donors (Lipinski definition) is 3. The van der Waals surface area contributed by atoms with Crippen molar-refractivity contribution in [2.45, 2.75) is 65.1 Å². The van der Waals surface area contributed by atoms with Crippen LogP contribution < -0.4 is 35.6 Å². The van der Waals surface area contributed by atoms with E-state index in [1.807, 2.05) is 19.9 Å². The number of fused-ring (bicyclic) bond motifs is 3. The summed E-state index contributed by atoms with van der Waals surface area (Å²) >= 11 is 0. The molecule has 3 unspecified atom stereocenters. The molecule has 0 saturated heterocycles. The molecule has 42 heavy (non-hydrogen) atoms. The molecule has 3 atom stereocenters. The van der Waals surface area contributed by atoms with E-state index in [0.717, 1.165) is 11.1 Å². The van der Waals surface area contributed by atoms with Gasteiger partial charge in [0.2, 0.25) is 23.0 Å². The van der Waals surface area contributed by atoms with Crippen LogP contribution in [0.3, 0.4) is 0 Å². The third-order valence-corrected chi connectivity index (χ3v) is 7.18. The third-order valence-electron chi connectivity index (χ3n) is 7.18.